The highest BCUT2D eigenvalue weighted by molar-refractivity contribution is 5.95. The summed E-state index contributed by atoms with van der Waals surface area (Å²) in [7, 11) is 6.61. The van der Waals surface area contributed by atoms with Gasteiger partial charge in [0, 0.05) is 30.1 Å². The molecule has 2 aliphatic rings. The quantitative estimate of drug-likeness (QED) is 0.585. The van der Waals surface area contributed by atoms with Crippen molar-refractivity contribution >= 4 is 11.3 Å². The van der Waals surface area contributed by atoms with Crippen molar-refractivity contribution in [1.29, 1.82) is 0 Å². The molecule has 0 spiro atoms. The molecule has 2 heterocycles. The van der Waals surface area contributed by atoms with E-state index in [-0.39, 0.29) is 0 Å². The monoisotopic (exact) mass is 464 g/mol. The van der Waals surface area contributed by atoms with Crippen LogP contribution in [0, 0.1) is 0 Å². The number of aliphatic imine (C=N–C) groups is 1. The summed E-state index contributed by atoms with van der Waals surface area (Å²) < 4.78 is 21.9. The van der Waals surface area contributed by atoms with E-state index < -0.39 is 5.66 Å². The second kappa shape index (κ2) is 9.79. The molecule has 1 atom stereocenters. The summed E-state index contributed by atoms with van der Waals surface area (Å²) >= 11 is 0. The fourth-order valence-corrected chi connectivity index (χ4v) is 4.34. The molecule has 0 aliphatic carbocycles. The van der Waals surface area contributed by atoms with Crippen molar-refractivity contribution in [2.75, 3.05) is 35.0 Å². The molecule has 0 radical (unpaired) electrons. The topological polar surface area (TPSA) is 76.6 Å². The molecule has 1 unspecified atom stereocenters. The highest BCUT2D eigenvalue weighted by Gasteiger charge is 2.42. The predicted octanol–water partition coefficient (Wildman–Crippen LogP) is 3.75. The Hall–Kier alpha value is -3.49. The van der Waals surface area contributed by atoms with Gasteiger partial charge in [0.05, 0.1) is 28.4 Å². The standard InChI is InChI=1S/C26H32N4O4/c1-17-12-14-30-25(28-17)24(19-8-10-21(32-4)23(15-19)34-6)26(2,29-30)27-13-11-18-7-9-20(31-3)16-22(18)33-5/h7-10,12,14-16,27,29H,11,13H2,1-6H3. The fourth-order valence-electron chi connectivity index (χ4n) is 4.34. The largest absolute Gasteiger partial charge is 0.497 e. The Morgan fingerprint density at radius 3 is 2.41 bits per heavy atom. The summed E-state index contributed by atoms with van der Waals surface area (Å²) in [5.41, 5.74) is 7.06. The van der Waals surface area contributed by atoms with Gasteiger partial charge in [-0.1, -0.05) is 12.1 Å². The van der Waals surface area contributed by atoms with Gasteiger partial charge in [0.25, 0.3) is 0 Å². The van der Waals surface area contributed by atoms with Crippen LogP contribution in [0.15, 0.2) is 59.5 Å². The maximum absolute atomic E-state index is 5.57. The first-order chi connectivity index (χ1) is 16.4. The van der Waals surface area contributed by atoms with Crippen molar-refractivity contribution in [3.63, 3.8) is 0 Å². The van der Waals surface area contributed by atoms with Crippen LogP contribution in [-0.2, 0) is 6.42 Å². The molecule has 0 aromatic heterocycles. The average Bonchev–Trinajstić information content (AvgIpc) is 3.14. The first kappa shape index (κ1) is 23.7. The number of methoxy groups -OCH3 is 4. The first-order valence-electron chi connectivity index (χ1n) is 11.2. The SMILES string of the molecule is COc1ccc(CCNC2(C)NN3C=CC(C)=NC3=C2c2ccc(OC)c(OC)c2)c(OC)c1. The number of benzene rings is 2. The third-order valence-electron chi connectivity index (χ3n) is 6.08. The van der Waals surface area contributed by atoms with Gasteiger partial charge < -0.3 is 18.9 Å². The van der Waals surface area contributed by atoms with E-state index in [1.165, 1.54) is 0 Å². The molecule has 34 heavy (non-hydrogen) atoms. The number of hydrazine groups is 1. The molecule has 8 heteroatoms. The van der Waals surface area contributed by atoms with Crippen LogP contribution in [0.1, 0.15) is 25.0 Å². The van der Waals surface area contributed by atoms with Crippen LogP contribution in [0.5, 0.6) is 23.0 Å². The van der Waals surface area contributed by atoms with Crippen molar-refractivity contribution in [2.45, 2.75) is 25.9 Å². The molecule has 0 fully saturated rings. The minimum absolute atomic E-state index is 0.576. The third kappa shape index (κ3) is 4.47. The molecule has 0 saturated carbocycles. The number of rotatable bonds is 9. The molecule has 2 aromatic carbocycles. The van der Waals surface area contributed by atoms with Crippen molar-refractivity contribution in [2.24, 2.45) is 4.99 Å². The number of hydrogen-bond acceptors (Lipinski definition) is 8. The van der Waals surface area contributed by atoms with Crippen molar-refractivity contribution in [3.8, 4) is 23.0 Å². The van der Waals surface area contributed by atoms with Gasteiger partial charge in [0.15, 0.2) is 17.3 Å². The van der Waals surface area contributed by atoms with Gasteiger partial charge in [-0.25, -0.2) is 10.4 Å². The Morgan fingerprint density at radius 1 is 0.941 bits per heavy atom. The van der Waals surface area contributed by atoms with Crippen LogP contribution in [0.2, 0.25) is 0 Å². The second-order valence-corrected chi connectivity index (χ2v) is 8.30. The van der Waals surface area contributed by atoms with Crippen LogP contribution in [0.25, 0.3) is 5.57 Å². The normalized spacial score (nSPS) is 19.1. The maximum atomic E-state index is 5.57. The Morgan fingerprint density at radius 2 is 1.71 bits per heavy atom. The van der Waals surface area contributed by atoms with E-state index >= 15 is 0 Å². The highest BCUT2D eigenvalue weighted by Crippen LogP contribution is 2.40. The van der Waals surface area contributed by atoms with E-state index in [1.807, 2.05) is 60.6 Å². The van der Waals surface area contributed by atoms with Gasteiger partial charge in [-0.3, -0.25) is 10.3 Å². The zero-order valence-corrected chi connectivity index (χ0v) is 20.6. The van der Waals surface area contributed by atoms with E-state index in [1.54, 1.807) is 28.4 Å². The molecular formula is C26H32N4O4. The van der Waals surface area contributed by atoms with Gasteiger partial charge in [0.2, 0.25) is 0 Å². The molecule has 4 rings (SSSR count). The highest BCUT2D eigenvalue weighted by atomic mass is 16.5. The van der Waals surface area contributed by atoms with E-state index in [9.17, 15) is 0 Å². The summed E-state index contributed by atoms with van der Waals surface area (Å²) in [6.07, 6.45) is 4.76. The van der Waals surface area contributed by atoms with Gasteiger partial charge in [-0.05, 0) is 55.7 Å². The molecular weight excluding hydrogens is 432 g/mol. The predicted molar refractivity (Wildman–Crippen MR) is 133 cm³/mol. The van der Waals surface area contributed by atoms with Gasteiger partial charge >= 0.3 is 0 Å². The molecule has 0 amide bonds. The van der Waals surface area contributed by atoms with E-state index in [0.29, 0.717) is 18.0 Å². The molecule has 8 nitrogen and oxygen atoms in total. The van der Waals surface area contributed by atoms with E-state index in [4.69, 9.17) is 23.9 Å². The lowest BCUT2D eigenvalue weighted by atomic mass is 9.94. The summed E-state index contributed by atoms with van der Waals surface area (Å²) in [5.74, 6) is 3.79. The lowest BCUT2D eigenvalue weighted by Crippen LogP contribution is -2.55. The van der Waals surface area contributed by atoms with Crippen LogP contribution >= 0.6 is 0 Å². The summed E-state index contributed by atoms with van der Waals surface area (Å²) in [6.45, 7) is 4.82. The molecule has 2 N–H and O–H groups in total. The average molecular weight is 465 g/mol. The summed E-state index contributed by atoms with van der Waals surface area (Å²) in [6, 6.07) is 11.8. The van der Waals surface area contributed by atoms with Gasteiger partial charge in [-0.2, -0.15) is 0 Å². The number of allylic oxidation sites excluding steroid dienone is 1. The Labute approximate surface area is 200 Å². The number of hydrogen-bond donors (Lipinski definition) is 2. The lowest BCUT2D eigenvalue weighted by molar-refractivity contribution is 0.246. The zero-order valence-electron chi connectivity index (χ0n) is 20.6. The summed E-state index contributed by atoms with van der Waals surface area (Å²) in [4.78, 5) is 4.84. The molecule has 0 saturated heterocycles. The Balaban J connectivity index is 1.64. The van der Waals surface area contributed by atoms with Crippen LogP contribution < -0.4 is 29.7 Å². The smallest absolute Gasteiger partial charge is 0.161 e. The minimum Gasteiger partial charge on any atom is -0.497 e. The van der Waals surface area contributed by atoms with Gasteiger partial charge in [-0.15, -0.1) is 0 Å². The zero-order chi connectivity index (χ0) is 24.3. The van der Waals surface area contributed by atoms with Gasteiger partial charge in [0.1, 0.15) is 17.2 Å². The van der Waals surface area contributed by atoms with Crippen molar-refractivity contribution in [3.05, 3.63) is 65.6 Å². The van der Waals surface area contributed by atoms with E-state index in [2.05, 4.69) is 17.7 Å². The Bertz CT molecular complexity index is 1160. The third-order valence-corrected chi connectivity index (χ3v) is 6.08. The first-order valence-corrected chi connectivity index (χ1v) is 11.2. The number of ether oxygens (including phenoxy) is 4. The Kier molecular flexibility index (Phi) is 6.81. The van der Waals surface area contributed by atoms with Crippen LogP contribution in [0.3, 0.4) is 0 Å². The molecule has 2 aliphatic heterocycles. The minimum atomic E-state index is -0.576. The van der Waals surface area contributed by atoms with Crippen LogP contribution in [-0.4, -0.2) is 51.4 Å². The molecule has 0 bridgehead atoms. The number of nitrogens with zero attached hydrogens (tertiary/aromatic N) is 2. The maximum Gasteiger partial charge on any atom is 0.161 e. The molecule has 2 aromatic rings. The van der Waals surface area contributed by atoms with E-state index in [0.717, 1.165) is 46.2 Å². The second-order valence-electron chi connectivity index (χ2n) is 8.30. The van der Waals surface area contributed by atoms with Crippen LogP contribution in [0.4, 0.5) is 0 Å². The molecule has 180 valence electrons. The fraction of sp³-hybridized carbons (Fsp3) is 0.346. The van der Waals surface area contributed by atoms with Crippen molar-refractivity contribution < 1.29 is 18.9 Å². The lowest BCUT2D eigenvalue weighted by Gasteiger charge is -2.31. The van der Waals surface area contributed by atoms with Crippen molar-refractivity contribution in [1.82, 2.24) is 15.8 Å². The number of nitrogens with one attached hydrogen (secondary N) is 2. The number of fused-ring (bicyclic) bond motifs is 1. The summed E-state index contributed by atoms with van der Waals surface area (Å²) in [5, 5.41) is 5.66.